The van der Waals surface area contributed by atoms with Gasteiger partial charge in [-0.15, -0.1) is 22.0 Å². The number of halogens is 4. The summed E-state index contributed by atoms with van der Waals surface area (Å²) in [7, 11) is 1.65. The maximum atomic E-state index is 14.1. The van der Waals surface area contributed by atoms with E-state index in [0.717, 1.165) is 40.9 Å². The first-order chi connectivity index (χ1) is 16.6. The Balaban J connectivity index is 1.55. The summed E-state index contributed by atoms with van der Waals surface area (Å²) in [6.07, 6.45) is 6.12. The van der Waals surface area contributed by atoms with Crippen LogP contribution in [0.2, 0.25) is 0 Å². The third-order valence-electron chi connectivity index (χ3n) is 5.67. The Kier molecular flexibility index (Phi) is 5.71. The van der Waals surface area contributed by atoms with Crippen molar-refractivity contribution in [1.82, 2.24) is 34.7 Å². The smallest absolute Gasteiger partial charge is 0.310 e. The molecule has 0 radical (unpaired) electrons. The van der Waals surface area contributed by atoms with Crippen LogP contribution in [-0.2, 0) is 13.0 Å². The molecule has 0 spiro atoms. The highest BCUT2D eigenvalue weighted by atomic mass is 32.2. The van der Waals surface area contributed by atoms with Crippen molar-refractivity contribution in [2.45, 2.75) is 42.5 Å². The molecule has 1 fully saturated rings. The van der Waals surface area contributed by atoms with Crippen molar-refractivity contribution in [2.24, 2.45) is 12.8 Å². The summed E-state index contributed by atoms with van der Waals surface area (Å²) in [5.74, 6) is -2.38. The number of pyridine rings is 2. The molecule has 8 nitrogen and oxygen atoms in total. The van der Waals surface area contributed by atoms with Gasteiger partial charge in [0.05, 0.1) is 6.20 Å². The standard InChI is InChI=1S/C22H20F4N8S/c1-3-35-16-6-12(15-10-29-18(33-32-15)11-4-5-11)8-28-17(16)20-31-14-7-13(9-30-19(14)34(20)2)21(23,24)22(25,26)27/h6-11H,3-5,27H2,1-2H3. The lowest BCUT2D eigenvalue weighted by atomic mass is 10.1. The van der Waals surface area contributed by atoms with Crippen molar-refractivity contribution < 1.29 is 17.6 Å². The zero-order valence-electron chi connectivity index (χ0n) is 18.7. The Morgan fingerprint density at radius 2 is 1.83 bits per heavy atom. The number of hydrogen-bond acceptors (Lipinski definition) is 8. The molecule has 1 aliphatic carbocycles. The predicted octanol–water partition coefficient (Wildman–Crippen LogP) is 4.52. The number of aromatic nitrogens is 7. The molecule has 0 aromatic carbocycles. The van der Waals surface area contributed by atoms with Gasteiger partial charge in [0.2, 0.25) is 0 Å². The molecule has 0 amide bonds. The number of imidazole rings is 1. The lowest BCUT2D eigenvalue weighted by molar-refractivity contribution is -0.212. The number of nitrogens with zero attached hydrogens (tertiary/aromatic N) is 7. The average Bonchev–Trinajstić information content (AvgIpc) is 3.62. The first-order valence-electron chi connectivity index (χ1n) is 10.8. The van der Waals surface area contributed by atoms with E-state index >= 15 is 0 Å². The van der Waals surface area contributed by atoms with E-state index in [0.29, 0.717) is 29.3 Å². The third-order valence-corrected chi connectivity index (χ3v) is 6.58. The fraction of sp³-hybridized carbons (Fsp3) is 0.364. The van der Waals surface area contributed by atoms with Crippen molar-refractivity contribution in [1.29, 1.82) is 0 Å². The molecule has 0 unspecified atom stereocenters. The summed E-state index contributed by atoms with van der Waals surface area (Å²) in [5, 5.41) is 8.50. The molecule has 0 bridgehead atoms. The highest BCUT2D eigenvalue weighted by Gasteiger charge is 2.55. The minimum atomic E-state index is -4.74. The molecular weight excluding hydrogens is 484 g/mol. The Bertz CT molecular complexity index is 1400. The summed E-state index contributed by atoms with van der Waals surface area (Å²) in [6.45, 7) is 1.98. The van der Waals surface area contributed by atoms with E-state index in [1.54, 1.807) is 24.0 Å². The zero-order valence-corrected chi connectivity index (χ0v) is 19.5. The molecule has 2 N–H and O–H groups in total. The van der Waals surface area contributed by atoms with Gasteiger partial charge in [-0.25, -0.2) is 15.0 Å². The Hall–Kier alpha value is -3.19. The lowest BCUT2D eigenvalue weighted by Gasteiger charge is -2.22. The molecule has 0 aliphatic heterocycles. The molecule has 182 valence electrons. The second-order valence-electron chi connectivity index (χ2n) is 8.24. The van der Waals surface area contributed by atoms with Gasteiger partial charge in [-0.1, -0.05) is 6.92 Å². The van der Waals surface area contributed by atoms with Gasteiger partial charge in [0.15, 0.2) is 17.3 Å². The maximum Gasteiger partial charge on any atom is 0.367 e. The Morgan fingerprint density at radius 1 is 1.06 bits per heavy atom. The summed E-state index contributed by atoms with van der Waals surface area (Å²) in [6, 6.07) is -1.98. The van der Waals surface area contributed by atoms with Gasteiger partial charge in [-0.3, -0.25) is 10.7 Å². The van der Waals surface area contributed by atoms with Crippen LogP contribution in [0.1, 0.15) is 37.1 Å². The van der Waals surface area contributed by atoms with Crippen molar-refractivity contribution in [2.75, 3.05) is 5.75 Å². The van der Waals surface area contributed by atoms with E-state index in [1.807, 2.05) is 13.0 Å². The van der Waals surface area contributed by atoms with Crippen LogP contribution in [0.15, 0.2) is 35.6 Å². The van der Waals surface area contributed by atoms with Crippen LogP contribution in [0.25, 0.3) is 33.9 Å². The van der Waals surface area contributed by atoms with E-state index in [9.17, 15) is 17.6 Å². The van der Waals surface area contributed by atoms with Gasteiger partial charge < -0.3 is 4.57 Å². The van der Waals surface area contributed by atoms with Gasteiger partial charge in [-0.05, 0) is 30.7 Å². The van der Waals surface area contributed by atoms with Crippen LogP contribution in [0.4, 0.5) is 17.6 Å². The highest BCUT2D eigenvalue weighted by Crippen LogP contribution is 2.41. The number of nitrogens with two attached hydrogens (primary N) is 1. The van der Waals surface area contributed by atoms with Crippen LogP contribution >= 0.6 is 11.8 Å². The molecule has 4 aromatic heterocycles. The van der Waals surface area contributed by atoms with Crippen molar-refractivity contribution in [3.05, 3.63) is 42.1 Å². The minimum absolute atomic E-state index is 0.0213. The fourth-order valence-electron chi connectivity index (χ4n) is 3.61. The van der Waals surface area contributed by atoms with E-state index in [-0.39, 0.29) is 11.2 Å². The van der Waals surface area contributed by atoms with Crippen LogP contribution in [-0.4, -0.2) is 46.5 Å². The second-order valence-corrected chi connectivity index (χ2v) is 9.54. The predicted molar refractivity (Wildman–Crippen MR) is 122 cm³/mol. The SMILES string of the molecule is CCSc1cc(-c2cnc(C3CC3)nn2)cnc1-c1nc2cc(C(F)(F)C(N)(F)F)cnc2n1C. The fourth-order valence-corrected chi connectivity index (χ4v) is 4.42. The minimum Gasteiger partial charge on any atom is -0.310 e. The number of hydrogen-bond donors (Lipinski definition) is 1. The quantitative estimate of drug-likeness (QED) is 0.222. The van der Waals surface area contributed by atoms with Crippen molar-refractivity contribution in [3.8, 4) is 22.8 Å². The summed E-state index contributed by atoms with van der Waals surface area (Å²) < 4.78 is 56.3. The first-order valence-corrected chi connectivity index (χ1v) is 11.8. The summed E-state index contributed by atoms with van der Waals surface area (Å²) in [5.41, 5.74) is 5.42. The third kappa shape index (κ3) is 4.22. The molecular formula is C22H20F4N8S. The number of rotatable bonds is 7. The van der Waals surface area contributed by atoms with Gasteiger partial charge in [-0.2, -0.15) is 17.6 Å². The van der Waals surface area contributed by atoms with Gasteiger partial charge in [0.25, 0.3) is 0 Å². The first kappa shape index (κ1) is 23.5. The largest absolute Gasteiger partial charge is 0.367 e. The zero-order chi connectivity index (χ0) is 25.0. The number of fused-ring (bicyclic) bond motifs is 1. The van der Waals surface area contributed by atoms with E-state index in [2.05, 4.69) is 35.9 Å². The van der Waals surface area contributed by atoms with E-state index < -0.39 is 17.5 Å². The topological polar surface area (TPSA) is 108 Å². The monoisotopic (exact) mass is 504 g/mol. The molecule has 4 aromatic rings. The second kappa shape index (κ2) is 8.48. The van der Waals surface area contributed by atoms with Crippen LogP contribution in [0.5, 0.6) is 0 Å². The molecule has 4 heterocycles. The molecule has 0 atom stereocenters. The van der Waals surface area contributed by atoms with Crippen molar-refractivity contribution >= 4 is 22.9 Å². The highest BCUT2D eigenvalue weighted by molar-refractivity contribution is 7.99. The Labute approximate surface area is 201 Å². The molecule has 1 aliphatic rings. The molecule has 0 saturated heterocycles. The summed E-state index contributed by atoms with van der Waals surface area (Å²) >= 11 is 1.51. The van der Waals surface area contributed by atoms with Crippen LogP contribution in [0, 0.1) is 0 Å². The molecule has 5 rings (SSSR count). The van der Waals surface area contributed by atoms with Crippen LogP contribution in [0.3, 0.4) is 0 Å². The number of alkyl halides is 4. The number of thioether (sulfide) groups is 1. The van der Waals surface area contributed by atoms with Crippen LogP contribution < -0.4 is 5.73 Å². The van der Waals surface area contributed by atoms with Crippen molar-refractivity contribution in [3.63, 3.8) is 0 Å². The maximum absolute atomic E-state index is 14.1. The van der Waals surface area contributed by atoms with E-state index in [1.165, 1.54) is 11.8 Å². The molecule has 13 heteroatoms. The van der Waals surface area contributed by atoms with Gasteiger partial charge in [0.1, 0.15) is 16.9 Å². The molecule has 35 heavy (non-hydrogen) atoms. The van der Waals surface area contributed by atoms with E-state index in [4.69, 9.17) is 0 Å². The lowest BCUT2D eigenvalue weighted by Crippen LogP contribution is -2.45. The normalized spacial score (nSPS) is 14.6. The molecule has 1 saturated carbocycles. The Morgan fingerprint density at radius 3 is 2.46 bits per heavy atom. The summed E-state index contributed by atoms with van der Waals surface area (Å²) in [4.78, 5) is 18.1. The average molecular weight is 505 g/mol. The van der Waals surface area contributed by atoms with Gasteiger partial charge in [0, 0.05) is 41.4 Å². The van der Waals surface area contributed by atoms with Gasteiger partial charge >= 0.3 is 12.0 Å². The number of aryl methyl sites for hydroxylation is 1.